The van der Waals surface area contributed by atoms with Gasteiger partial charge in [-0.25, -0.2) is 0 Å². The lowest BCUT2D eigenvalue weighted by atomic mass is 10.0. The predicted octanol–water partition coefficient (Wildman–Crippen LogP) is 1.09. The van der Waals surface area contributed by atoms with Gasteiger partial charge in [-0.15, -0.1) is 0 Å². The van der Waals surface area contributed by atoms with E-state index < -0.39 is 17.6 Å². The van der Waals surface area contributed by atoms with E-state index in [9.17, 15) is 9.59 Å². The molecule has 0 aliphatic heterocycles. The fourth-order valence-electron chi connectivity index (χ4n) is 1.35. The van der Waals surface area contributed by atoms with Gasteiger partial charge in [0.1, 0.15) is 5.54 Å². The van der Waals surface area contributed by atoms with Gasteiger partial charge in [-0.2, -0.15) is 0 Å². The Balaban J connectivity index is 4.43. The molecule has 1 amide bonds. The number of amides is 1. The molecular formula is C12H24N2O3. The molecule has 2 N–H and O–H groups in total. The number of carboxylic acid groups (broad SMARTS) is 1. The number of likely N-dealkylation sites (N-methyl/N-ethyl adjacent to an activating group) is 1. The van der Waals surface area contributed by atoms with Gasteiger partial charge in [-0.3, -0.25) is 14.5 Å². The van der Waals surface area contributed by atoms with Crippen molar-refractivity contribution < 1.29 is 14.7 Å². The van der Waals surface area contributed by atoms with Crippen molar-refractivity contribution in [1.29, 1.82) is 0 Å². The lowest BCUT2D eigenvalue weighted by Gasteiger charge is -2.35. The zero-order chi connectivity index (χ0) is 13.6. The van der Waals surface area contributed by atoms with Crippen LogP contribution in [0.3, 0.4) is 0 Å². The predicted molar refractivity (Wildman–Crippen MR) is 66.9 cm³/mol. The Kier molecular flexibility index (Phi) is 6.16. The quantitative estimate of drug-likeness (QED) is 0.658. The summed E-state index contributed by atoms with van der Waals surface area (Å²) in [6.07, 6.45) is 1.95. The van der Waals surface area contributed by atoms with Gasteiger partial charge in [-0.1, -0.05) is 13.3 Å². The van der Waals surface area contributed by atoms with Crippen LogP contribution in [0.25, 0.3) is 0 Å². The molecule has 1 atom stereocenters. The van der Waals surface area contributed by atoms with E-state index in [1.165, 1.54) is 0 Å². The Morgan fingerprint density at radius 3 is 2.35 bits per heavy atom. The molecule has 0 saturated heterocycles. The lowest BCUT2D eigenvalue weighted by molar-refractivity contribution is -0.151. The molecule has 0 fully saturated rings. The van der Waals surface area contributed by atoms with Gasteiger partial charge >= 0.3 is 5.97 Å². The molecule has 0 rings (SSSR count). The van der Waals surface area contributed by atoms with Gasteiger partial charge in [-0.05, 0) is 34.2 Å². The maximum atomic E-state index is 11.8. The van der Waals surface area contributed by atoms with E-state index in [0.29, 0.717) is 6.54 Å². The lowest BCUT2D eigenvalue weighted by Crippen LogP contribution is -2.56. The molecule has 5 nitrogen and oxygen atoms in total. The summed E-state index contributed by atoms with van der Waals surface area (Å²) in [5.74, 6) is -1.07. The van der Waals surface area contributed by atoms with Gasteiger partial charge in [0, 0.05) is 6.54 Å². The van der Waals surface area contributed by atoms with Crippen LogP contribution in [-0.2, 0) is 9.59 Å². The van der Waals surface area contributed by atoms with Crippen LogP contribution >= 0.6 is 0 Å². The highest BCUT2D eigenvalue weighted by Crippen LogP contribution is 2.15. The molecule has 0 heterocycles. The van der Waals surface area contributed by atoms with Crippen molar-refractivity contribution in [2.45, 2.75) is 52.1 Å². The molecule has 0 aliphatic rings. The number of carboxylic acids is 1. The summed E-state index contributed by atoms with van der Waals surface area (Å²) in [6.45, 7) is 7.58. The summed E-state index contributed by atoms with van der Waals surface area (Å²) in [4.78, 5) is 24.4. The second-order valence-electron chi connectivity index (χ2n) is 4.80. The minimum atomic E-state index is -1.05. The Morgan fingerprint density at radius 2 is 1.94 bits per heavy atom. The van der Waals surface area contributed by atoms with Crippen molar-refractivity contribution in [2.75, 3.05) is 13.6 Å². The monoisotopic (exact) mass is 244 g/mol. The highest BCUT2D eigenvalue weighted by Gasteiger charge is 2.36. The molecule has 0 aromatic carbocycles. The van der Waals surface area contributed by atoms with Gasteiger partial charge in [0.05, 0.1) is 6.04 Å². The SMILES string of the molecule is CCCCNC(=O)C(C)N(C)C(C)(C)C(=O)O. The molecule has 0 spiro atoms. The standard InChI is InChI=1S/C12H24N2O3/c1-6-7-8-13-10(15)9(2)14(5)12(3,4)11(16)17/h9H,6-8H2,1-5H3,(H,13,15)(H,16,17). The highest BCUT2D eigenvalue weighted by atomic mass is 16.4. The largest absolute Gasteiger partial charge is 0.480 e. The van der Waals surface area contributed by atoms with Crippen LogP contribution in [0.15, 0.2) is 0 Å². The summed E-state index contributed by atoms with van der Waals surface area (Å²) in [7, 11) is 1.65. The van der Waals surface area contributed by atoms with Gasteiger partial charge in [0.15, 0.2) is 0 Å². The van der Waals surface area contributed by atoms with Crippen LogP contribution in [0.2, 0.25) is 0 Å². The van der Waals surface area contributed by atoms with Crippen LogP contribution in [0, 0.1) is 0 Å². The number of unbranched alkanes of at least 4 members (excludes halogenated alkanes) is 1. The topological polar surface area (TPSA) is 69.6 Å². The second-order valence-corrected chi connectivity index (χ2v) is 4.80. The summed E-state index contributed by atoms with van der Waals surface area (Å²) in [6, 6.07) is -0.460. The minimum Gasteiger partial charge on any atom is -0.480 e. The van der Waals surface area contributed by atoms with Gasteiger partial charge < -0.3 is 10.4 Å². The maximum Gasteiger partial charge on any atom is 0.323 e. The average molecular weight is 244 g/mol. The van der Waals surface area contributed by atoms with Crippen molar-refractivity contribution in [3.05, 3.63) is 0 Å². The van der Waals surface area contributed by atoms with Crippen LogP contribution in [0.4, 0.5) is 0 Å². The van der Waals surface area contributed by atoms with Gasteiger partial charge in [0.2, 0.25) is 5.91 Å². The number of nitrogens with one attached hydrogen (secondary N) is 1. The van der Waals surface area contributed by atoms with E-state index in [-0.39, 0.29) is 5.91 Å². The molecule has 0 saturated carbocycles. The smallest absolute Gasteiger partial charge is 0.323 e. The number of carbonyl (C=O) groups is 2. The van der Waals surface area contributed by atoms with Crippen molar-refractivity contribution in [2.24, 2.45) is 0 Å². The fraction of sp³-hybridized carbons (Fsp3) is 0.833. The summed E-state index contributed by atoms with van der Waals surface area (Å²) in [5.41, 5.74) is -1.05. The minimum absolute atomic E-state index is 0.129. The number of carbonyl (C=O) groups excluding carboxylic acids is 1. The third kappa shape index (κ3) is 4.34. The maximum absolute atomic E-state index is 11.8. The molecular weight excluding hydrogens is 220 g/mol. The first kappa shape index (κ1) is 15.9. The van der Waals surface area contributed by atoms with Crippen LogP contribution < -0.4 is 5.32 Å². The first-order chi connectivity index (χ1) is 7.75. The summed E-state index contributed by atoms with van der Waals surface area (Å²) in [5, 5.41) is 11.9. The van der Waals surface area contributed by atoms with Crippen LogP contribution in [0.1, 0.15) is 40.5 Å². The number of hydrogen-bond donors (Lipinski definition) is 2. The normalized spacial score (nSPS) is 13.5. The van der Waals surface area contributed by atoms with Crippen molar-refractivity contribution in [1.82, 2.24) is 10.2 Å². The molecule has 1 unspecified atom stereocenters. The molecule has 0 aromatic rings. The van der Waals surface area contributed by atoms with Crippen molar-refractivity contribution in [3.8, 4) is 0 Å². The average Bonchev–Trinajstić information content (AvgIpc) is 2.26. The molecule has 0 aliphatic carbocycles. The van der Waals surface area contributed by atoms with Crippen molar-refractivity contribution >= 4 is 11.9 Å². The van der Waals surface area contributed by atoms with E-state index in [0.717, 1.165) is 12.8 Å². The van der Waals surface area contributed by atoms with E-state index in [4.69, 9.17) is 5.11 Å². The molecule has 0 aromatic heterocycles. The number of hydrogen-bond acceptors (Lipinski definition) is 3. The van der Waals surface area contributed by atoms with Crippen LogP contribution in [-0.4, -0.2) is 47.1 Å². The number of rotatable bonds is 7. The molecule has 5 heteroatoms. The molecule has 0 bridgehead atoms. The Morgan fingerprint density at radius 1 is 1.41 bits per heavy atom. The highest BCUT2D eigenvalue weighted by molar-refractivity contribution is 5.83. The zero-order valence-corrected chi connectivity index (χ0v) is 11.4. The number of nitrogens with zero attached hydrogens (tertiary/aromatic N) is 1. The van der Waals surface area contributed by atoms with Gasteiger partial charge in [0.25, 0.3) is 0 Å². The van der Waals surface area contributed by atoms with E-state index in [1.54, 1.807) is 32.7 Å². The Labute approximate surface area is 103 Å². The first-order valence-corrected chi connectivity index (χ1v) is 5.99. The Hall–Kier alpha value is -1.10. The van der Waals surface area contributed by atoms with Crippen molar-refractivity contribution in [3.63, 3.8) is 0 Å². The zero-order valence-electron chi connectivity index (χ0n) is 11.4. The van der Waals surface area contributed by atoms with E-state index in [2.05, 4.69) is 12.2 Å². The molecule has 17 heavy (non-hydrogen) atoms. The van der Waals surface area contributed by atoms with E-state index >= 15 is 0 Å². The fourth-order valence-corrected chi connectivity index (χ4v) is 1.35. The third-order valence-electron chi connectivity index (χ3n) is 3.20. The summed E-state index contributed by atoms with van der Waals surface area (Å²) < 4.78 is 0. The molecule has 0 radical (unpaired) electrons. The van der Waals surface area contributed by atoms with Crippen LogP contribution in [0.5, 0.6) is 0 Å². The Bertz CT molecular complexity index is 277. The third-order valence-corrected chi connectivity index (χ3v) is 3.20. The first-order valence-electron chi connectivity index (χ1n) is 5.99. The number of aliphatic carboxylic acids is 1. The van der Waals surface area contributed by atoms with E-state index in [1.807, 2.05) is 0 Å². The molecule has 100 valence electrons. The summed E-state index contributed by atoms with van der Waals surface area (Å²) >= 11 is 0. The second kappa shape index (κ2) is 6.59.